The second kappa shape index (κ2) is 7.63. The first-order valence-corrected chi connectivity index (χ1v) is 7.77. The van der Waals surface area contributed by atoms with E-state index in [-0.39, 0.29) is 12.5 Å². The summed E-state index contributed by atoms with van der Waals surface area (Å²) >= 11 is 0. The van der Waals surface area contributed by atoms with Gasteiger partial charge in [0.05, 0.1) is 25.7 Å². The van der Waals surface area contributed by atoms with E-state index in [2.05, 4.69) is 10.3 Å². The lowest BCUT2D eigenvalue weighted by Gasteiger charge is -2.15. The highest BCUT2D eigenvalue weighted by atomic mass is 16.5. The summed E-state index contributed by atoms with van der Waals surface area (Å²) in [6.45, 7) is -0.261. The Kier molecular flexibility index (Phi) is 5.11. The van der Waals surface area contributed by atoms with Crippen molar-refractivity contribution in [2.75, 3.05) is 13.7 Å². The fourth-order valence-corrected chi connectivity index (χ4v) is 2.51. The Morgan fingerprint density at radius 1 is 1.28 bits per heavy atom. The molecule has 1 aromatic carbocycles. The Hall–Kier alpha value is -3.12. The molecule has 6 heteroatoms. The van der Waals surface area contributed by atoms with Crippen molar-refractivity contribution in [3.63, 3.8) is 0 Å². The van der Waals surface area contributed by atoms with E-state index in [0.29, 0.717) is 28.3 Å². The normalized spacial score (nSPS) is 11.8. The number of amides is 1. The maximum absolute atomic E-state index is 12.6. The van der Waals surface area contributed by atoms with Crippen LogP contribution in [0.5, 0.6) is 5.75 Å². The molecule has 2 heterocycles. The lowest BCUT2D eigenvalue weighted by molar-refractivity contribution is 0.0907. The standard InChI is InChI=1S/C19H18N2O4/c1-24-17-8-7-13(11-14(17)15-5-2-3-9-20-15)19(23)21-16(12-22)18-6-4-10-25-18/h2-11,16,22H,12H2,1H3,(H,21,23). The molecule has 0 aliphatic heterocycles. The predicted octanol–water partition coefficient (Wildman–Crippen LogP) is 2.81. The fourth-order valence-electron chi connectivity index (χ4n) is 2.51. The molecule has 1 atom stereocenters. The van der Waals surface area contributed by atoms with E-state index in [1.54, 1.807) is 43.6 Å². The number of benzene rings is 1. The Morgan fingerprint density at radius 2 is 2.16 bits per heavy atom. The monoisotopic (exact) mass is 338 g/mol. The van der Waals surface area contributed by atoms with Crippen LogP contribution in [0.1, 0.15) is 22.2 Å². The van der Waals surface area contributed by atoms with E-state index < -0.39 is 6.04 Å². The number of ether oxygens (including phenoxy) is 1. The summed E-state index contributed by atoms with van der Waals surface area (Å²) < 4.78 is 10.6. The molecule has 3 rings (SSSR count). The van der Waals surface area contributed by atoms with Crippen LogP contribution < -0.4 is 10.1 Å². The van der Waals surface area contributed by atoms with Crippen LogP contribution in [-0.4, -0.2) is 29.7 Å². The molecule has 0 bridgehead atoms. The number of carbonyl (C=O) groups excluding carboxylic acids is 1. The maximum atomic E-state index is 12.6. The van der Waals surface area contributed by atoms with Crippen molar-refractivity contribution in [1.29, 1.82) is 0 Å². The van der Waals surface area contributed by atoms with Crippen LogP contribution in [0, 0.1) is 0 Å². The minimum Gasteiger partial charge on any atom is -0.496 e. The van der Waals surface area contributed by atoms with Crippen molar-refractivity contribution >= 4 is 5.91 Å². The Balaban J connectivity index is 1.88. The number of pyridine rings is 1. The number of aromatic nitrogens is 1. The van der Waals surface area contributed by atoms with E-state index in [1.165, 1.54) is 6.26 Å². The van der Waals surface area contributed by atoms with Crippen molar-refractivity contribution < 1.29 is 19.1 Å². The summed E-state index contributed by atoms with van der Waals surface area (Å²) in [6, 6.07) is 13.4. The highest BCUT2D eigenvalue weighted by molar-refractivity contribution is 5.96. The van der Waals surface area contributed by atoms with Gasteiger partial charge in [-0.05, 0) is 42.5 Å². The van der Waals surface area contributed by atoms with Gasteiger partial charge in [-0.1, -0.05) is 6.07 Å². The summed E-state index contributed by atoms with van der Waals surface area (Å²) in [4.78, 5) is 16.9. The van der Waals surface area contributed by atoms with Gasteiger partial charge in [-0.15, -0.1) is 0 Å². The van der Waals surface area contributed by atoms with Crippen molar-refractivity contribution in [3.8, 4) is 17.0 Å². The van der Waals surface area contributed by atoms with E-state index in [9.17, 15) is 9.90 Å². The molecule has 0 spiro atoms. The number of furan rings is 1. The number of methoxy groups -OCH3 is 1. The number of rotatable bonds is 6. The maximum Gasteiger partial charge on any atom is 0.251 e. The van der Waals surface area contributed by atoms with Gasteiger partial charge < -0.3 is 19.6 Å². The topological polar surface area (TPSA) is 84.6 Å². The third-order valence-electron chi connectivity index (χ3n) is 3.78. The molecule has 6 nitrogen and oxygen atoms in total. The van der Waals surface area contributed by atoms with Crippen molar-refractivity contribution in [1.82, 2.24) is 10.3 Å². The first kappa shape index (κ1) is 16.7. The van der Waals surface area contributed by atoms with Gasteiger partial charge in [-0.3, -0.25) is 9.78 Å². The van der Waals surface area contributed by atoms with Crippen molar-refractivity contribution in [2.24, 2.45) is 0 Å². The molecule has 0 saturated carbocycles. The van der Waals surface area contributed by atoms with Crippen molar-refractivity contribution in [2.45, 2.75) is 6.04 Å². The summed E-state index contributed by atoms with van der Waals surface area (Å²) in [7, 11) is 1.57. The zero-order chi connectivity index (χ0) is 17.6. The van der Waals surface area contributed by atoms with Gasteiger partial charge in [0.2, 0.25) is 0 Å². The second-order valence-corrected chi connectivity index (χ2v) is 5.35. The van der Waals surface area contributed by atoms with Crippen LogP contribution in [0.2, 0.25) is 0 Å². The van der Waals surface area contributed by atoms with Crippen LogP contribution in [0.3, 0.4) is 0 Å². The minimum atomic E-state index is -0.608. The van der Waals surface area contributed by atoms with Crippen LogP contribution >= 0.6 is 0 Å². The van der Waals surface area contributed by atoms with Gasteiger partial charge in [-0.25, -0.2) is 0 Å². The SMILES string of the molecule is COc1ccc(C(=O)NC(CO)c2ccco2)cc1-c1ccccn1. The first-order valence-electron chi connectivity index (χ1n) is 7.77. The quantitative estimate of drug-likeness (QED) is 0.722. The number of hydrogen-bond donors (Lipinski definition) is 2. The smallest absolute Gasteiger partial charge is 0.251 e. The van der Waals surface area contributed by atoms with Gasteiger partial charge >= 0.3 is 0 Å². The largest absolute Gasteiger partial charge is 0.496 e. The molecule has 1 amide bonds. The van der Waals surface area contributed by atoms with Gasteiger partial charge in [0.25, 0.3) is 5.91 Å². The third-order valence-corrected chi connectivity index (χ3v) is 3.78. The van der Waals surface area contributed by atoms with Crippen LogP contribution in [-0.2, 0) is 0 Å². The Morgan fingerprint density at radius 3 is 2.80 bits per heavy atom. The number of hydrogen-bond acceptors (Lipinski definition) is 5. The molecule has 0 aliphatic carbocycles. The number of nitrogens with one attached hydrogen (secondary N) is 1. The van der Waals surface area contributed by atoms with E-state index in [0.717, 1.165) is 0 Å². The molecule has 3 aromatic rings. The fraction of sp³-hybridized carbons (Fsp3) is 0.158. The molecule has 128 valence electrons. The average Bonchev–Trinajstić information content (AvgIpc) is 3.20. The summed E-state index contributed by atoms with van der Waals surface area (Å²) in [5.41, 5.74) is 1.86. The highest BCUT2D eigenvalue weighted by Gasteiger charge is 2.18. The number of carbonyl (C=O) groups is 1. The van der Waals surface area contributed by atoms with E-state index in [4.69, 9.17) is 9.15 Å². The van der Waals surface area contributed by atoms with Crippen LogP contribution in [0.25, 0.3) is 11.3 Å². The van der Waals surface area contributed by atoms with Crippen molar-refractivity contribution in [3.05, 3.63) is 72.3 Å². The molecule has 25 heavy (non-hydrogen) atoms. The second-order valence-electron chi connectivity index (χ2n) is 5.35. The molecular weight excluding hydrogens is 320 g/mol. The van der Waals surface area contributed by atoms with Gasteiger partial charge in [0, 0.05) is 17.3 Å². The third kappa shape index (κ3) is 3.70. The zero-order valence-electron chi connectivity index (χ0n) is 13.7. The van der Waals surface area contributed by atoms with Crippen LogP contribution in [0.4, 0.5) is 0 Å². The Labute approximate surface area is 145 Å². The molecule has 0 radical (unpaired) electrons. The van der Waals surface area contributed by atoms with Crippen LogP contribution in [0.15, 0.2) is 65.4 Å². The van der Waals surface area contributed by atoms with E-state index >= 15 is 0 Å². The van der Waals surface area contributed by atoms with Gasteiger partial charge in [0.15, 0.2) is 0 Å². The highest BCUT2D eigenvalue weighted by Crippen LogP contribution is 2.29. The van der Waals surface area contributed by atoms with Gasteiger partial charge in [-0.2, -0.15) is 0 Å². The molecule has 0 saturated heterocycles. The lowest BCUT2D eigenvalue weighted by atomic mass is 10.0. The summed E-state index contributed by atoms with van der Waals surface area (Å²) in [5.74, 6) is 0.796. The molecule has 2 aromatic heterocycles. The number of aliphatic hydroxyl groups excluding tert-OH is 1. The summed E-state index contributed by atoms with van der Waals surface area (Å²) in [5, 5.41) is 12.3. The molecular formula is C19H18N2O4. The molecule has 0 aliphatic rings. The minimum absolute atomic E-state index is 0.261. The molecule has 0 fully saturated rings. The van der Waals surface area contributed by atoms with Gasteiger partial charge in [0.1, 0.15) is 17.6 Å². The molecule has 2 N–H and O–H groups in total. The Bertz CT molecular complexity index is 832. The number of nitrogens with zero attached hydrogens (tertiary/aromatic N) is 1. The first-order chi connectivity index (χ1) is 12.2. The lowest BCUT2D eigenvalue weighted by Crippen LogP contribution is -2.30. The van der Waals surface area contributed by atoms with E-state index in [1.807, 2.05) is 18.2 Å². The predicted molar refractivity (Wildman–Crippen MR) is 92.2 cm³/mol. The molecule has 1 unspecified atom stereocenters. The zero-order valence-corrected chi connectivity index (χ0v) is 13.7. The number of aliphatic hydroxyl groups is 1. The summed E-state index contributed by atoms with van der Waals surface area (Å²) in [6.07, 6.45) is 3.18. The average molecular weight is 338 g/mol.